The molecule has 0 fully saturated rings. The van der Waals surface area contributed by atoms with Crippen LogP contribution in [0.25, 0.3) is 27.8 Å². The molecule has 7 rings (SSSR count). The molecule has 0 bridgehead atoms. The Balaban J connectivity index is 1.04. The molecule has 0 saturated carbocycles. The van der Waals surface area contributed by atoms with Crippen LogP contribution >= 0.6 is 0 Å². The van der Waals surface area contributed by atoms with Gasteiger partial charge in [0, 0.05) is 43.4 Å². The first-order valence-corrected chi connectivity index (χ1v) is 16.4. The van der Waals surface area contributed by atoms with Crippen LogP contribution in [0.1, 0.15) is 16.7 Å². The van der Waals surface area contributed by atoms with Gasteiger partial charge in [0.15, 0.2) is 23.0 Å². The number of tetrazole rings is 1. The summed E-state index contributed by atoms with van der Waals surface area (Å²) in [5, 5.41) is 17.8. The number of rotatable bonds is 11. The Morgan fingerprint density at radius 1 is 0.804 bits per heavy atom. The van der Waals surface area contributed by atoms with Gasteiger partial charge in [0.1, 0.15) is 0 Å². The molecule has 1 N–H and O–H groups in total. The monoisotopic (exact) mass is 687 g/mol. The summed E-state index contributed by atoms with van der Waals surface area (Å²) >= 11 is 0. The fourth-order valence-electron chi connectivity index (χ4n) is 6.16. The van der Waals surface area contributed by atoms with Crippen LogP contribution in [0.4, 0.5) is 10.5 Å². The highest BCUT2D eigenvalue weighted by Gasteiger charge is 2.21. The first-order chi connectivity index (χ1) is 24.9. The SMILES string of the molecule is COc1cc2c(cc1OC)CN(CCc1ccc(-n3nnc(-c4cc(OC)c(OC)cc4NC(=O)Oc4cc5ccccc5cn4)n3)cc1)CC2. The predicted molar refractivity (Wildman–Crippen MR) is 191 cm³/mol. The van der Waals surface area contributed by atoms with Crippen LogP contribution in [0.3, 0.4) is 0 Å². The van der Waals surface area contributed by atoms with Crippen molar-refractivity contribution in [1.82, 2.24) is 30.1 Å². The van der Waals surface area contributed by atoms with E-state index in [1.165, 1.54) is 35.7 Å². The fraction of sp³-hybridized carbons (Fsp3) is 0.237. The third-order valence-corrected chi connectivity index (χ3v) is 8.90. The van der Waals surface area contributed by atoms with Crippen molar-refractivity contribution in [3.05, 3.63) is 102 Å². The smallest absolute Gasteiger partial charge is 0.418 e. The number of hydrogen-bond donors (Lipinski definition) is 1. The lowest BCUT2D eigenvalue weighted by molar-refractivity contribution is 0.213. The highest BCUT2D eigenvalue weighted by molar-refractivity contribution is 5.93. The number of hydrogen-bond acceptors (Lipinski definition) is 11. The van der Waals surface area contributed by atoms with Gasteiger partial charge in [-0.3, -0.25) is 10.2 Å². The largest absolute Gasteiger partial charge is 0.493 e. The van der Waals surface area contributed by atoms with Gasteiger partial charge in [-0.05, 0) is 70.5 Å². The quantitative estimate of drug-likeness (QED) is 0.169. The Kier molecular flexibility index (Phi) is 9.61. The predicted octanol–water partition coefficient (Wildman–Crippen LogP) is 6.12. The molecule has 0 radical (unpaired) electrons. The molecule has 0 unspecified atom stereocenters. The topological polar surface area (TPSA) is 135 Å². The molecule has 0 saturated heterocycles. The maximum absolute atomic E-state index is 13.1. The second kappa shape index (κ2) is 14.7. The van der Waals surface area contributed by atoms with Crippen molar-refractivity contribution in [3.8, 4) is 46.0 Å². The van der Waals surface area contributed by atoms with Crippen LogP contribution in [0.15, 0.2) is 85.1 Å². The van der Waals surface area contributed by atoms with Crippen molar-refractivity contribution >= 4 is 22.6 Å². The molecular weight excluding hydrogens is 650 g/mol. The number of nitrogens with zero attached hydrogens (tertiary/aromatic N) is 6. The van der Waals surface area contributed by atoms with E-state index in [1.54, 1.807) is 38.6 Å². The van der Waals surface area contributed by atoms with E-state index >= 15 is 0 Å². The summed E-state index contributed by atoms with van der Waals surface area (Å²) in [6.07, 6.45) is 2.76. The third kappa shape index (κ3) is 7.24. The van der Waals surface area contributed by atoms with E-state index in [2.05, 4.69) is 54.9 Å². The van der Waals surface area contributed by atoms with E-state index in [9.17, 15) is 4.79 Å². The summed E-state index contributed by atoms with van der Waals surface area (Å²) in [4.78, 5) is 21.2. The van der Waals surface area contributed by atoms with E-state index in [4.69, 9.17) is 23.7 Å². The van der Waals surface area contributed by atoms with Crippen LogP contribution in [0.2, 0.25) is 0 Å². The Labute approximate surface area is 294 Å². The average Bonchev–Trinajstić information content (AvgIpc) is 3.66. The molecule has 0 atom stereocenters. The van der Waals surface area contributed by atoms with E-state index in [0.717, 1.165) is 60.4 Å². The van der Waals surface area contributed by atoms with Gasteiger partial charge in [-0.1, -0.05) is 36.4 Å². The zero-order valence-electron chi connectivity index (χ0n) is 28.8. The van der Waals surface area contributed by atoms with Crippen molar-refractivity contribution in [3.63, 3.8) is 0 Å². The van der Waals surface area contributed by atoms with E-state index in [1.807, 2.05) is 36.4 Å². The normalized spacial score (nSPS) is 12.6. The summed E-state index contributed by atoms with van der Waals surface area (Å²) in [5.41, 5.74) is 5.31. The molecule has 3 heterocycles. The number of fused-ring (bicyclic) bond motifs is 2. The zero-order chi connectivity index (χ0) is 35.3. The van der Waals surface area contributed by atoms with E-state index < -0.39 is 6.09 Å². The van der Waals surface area contributed by atoms with Gasteiger partial charge in [-0.25, -0.2) is 9.78 Å². The van der Waals surface area contributed by atoms with Gasteiger partial charge in [0.25, 0.3) is 0 Å². The Hall–Kier alpha value is -6.21. The standard InChI is InChI=1S/C38H37N7O6/c1-47-32-17-26-14-16-44(23-28(26)18-33(32)48-2)15-13-24-9-11-29(12-10-24)45-42-37(41-43-45)30-20-34(49-3)35(50-4)21-31(30)40-38(46)51-36-19-25-7-5-6-8-27(25)22-39-36/h5-12,17-22H,13-16,23H2,1-4H3,(H,40,46). The van der Waals surface area contributed by atoms with Gasteiger partial charge in [0.2, 0.25) is 11.7 Å². The molecule has 51 heavy (non-hydrogen) atoms. The highest BCUT2D eigenvalue weighted by Crippen LogP contribution is 2.38. The number of anilines is 1. The summed E-state index contributed by atoms with van der Waals surface area (Å²) in [7, 11) is 6.37. The first kappa shape index (κ1) is 33.3. The minimum atomic E-state index is -0.747. The molecular formula is C38H37N7O6. The molecule has 260 valence electrons. The number of aromatic nitrogens is 5. The maximum Gasteiger partial charge on any atom is 0.418 e. The number of nitrogens with one attached hydrogen (secondary N) is 1. The van der Waals surface area contributed by atoms with Gasteiger partial charge in [0.05, 0.1) is 45.4 Å². The van der Waals surface area contributed by atoms with E-state index in [-0.39, 0.29) is 11.7 Å². The molecule has 13 heteroatoms. The molecule has 1 aliphatic heterocycles. The molecule has 4 aromatic carbocycles. The second-order valence-electron chi connectivity index (χ2n) is 12.0. The van der Waals surface area contributed by atoms with Gasteiger partial charge >= 0.3 is 6.09 Å². The fourth-order valence-corrected chi connectivity index (χ4v) is 6.16. The van der Waals surface area contributed by atoms with Crippen LogP contribution in [0.5, 0.6) is 28.9 Å². The summed E-state index contributed by atoms with van der Waals surface area (Å²) < 4.78 is 27.5. The van der Waals surface area contributed by atoms with Crippen LogP contribution in [-0.4, -0.2) is 77.7 Å². The molecule has 13 nitrogen and oxygen atoms in total. The number of carbonyl (C=O) groups is 1. The molecule has 0 aliphatic carbocycles. The van der Waals surface area contributed by atoms with Gasteiger partial charge < -0.3 is 23.7 Å². The lowest BCUT2D eigenvalue weighted by Crippen LogP contribution is -2.32. The number of benzene rings is 4. The van der Waals surface area contributed by atoms with E-state index in [0.29, 0.717) is 22.7 Å². The molecule has 1 aliphatic rings. The number of amides is 1. The van der Waals surface area contributed by atoms with Crippen LogP contribution in [-0.2, 0) is 19.4 Å². The lowest BCUT2D eigenvalue weighted by atomic mass is 9.98. The van der Waals surface area contributed by atoms with Crippen LogP contribution in [0, 0.1) is 0 Å². The van der Waals surface area contributed by atoms with Crippen molar-refractivity contribution < 1.29 is 28.5 Å². The maximum atomic E-state index is 13.1. The second-order valence-corrected chi connectivity index (χ2v) is 12.0. The number of ether oxygens (including phenoxy) is 5. The summed E-state index contributed by atoms with van der Waals surface area (Å²) in [5.74, 6) is 2.78. The minimum absolute atomic E-state index is 0.156. The zero-order valence-corrected chi connectivity index (χ0v) is 28.8. The third-order valence-electron chi connectivity index (χ3n) is 8.90. The van der Waals surface area contributed by atoms with Gasteiger partial charge in [-0.2, -0.15) is 0 Å². The van der Waals surface area contributed by atoms with Crippen molar-refractivity contribution in [2.45, 2.75) is 19.4 Å². The summed E-state index contributed by atoms with van der Waals surface area (Å²) in [6.45, 7) is 2.77. The van der Waals surface area contributed by atoms with Gasteiger partial charge in [-0.15, -0.1) is 15.0 Å². The number of methoxy groups -OCH3 is 4. The number of pyridine rings is 1. The summed E-state index contributed by atoms with van der Waals surface area (Å²) in [6, 6.07) is 24.9. The molecule has 0 spiro atoms. The van der Waals surface area contributed by atoms with Crippen LogP contribution < -0.4 is 29.0 Å². The highest BCUT2D eigenvalue weighted by atomic mass is 16.6. The van der Waals surface area contributed by atoms with Crippen molar-refractivity contribution in [2.24, 2.45) is 0 Å². The minimum Gasteiger partial charge on any atom is -0.493 e. The van der Waals surface area contributed by atoms with Crippen molar-refractivity contribution in [1.29, 1.82) is 0 Å². The lowest BCUT2D eigenvalue weighted by Gasteiger charge is -2.29. The molecule has 1 amide bonds. The Bertz CT molecular complexity index is 2190. The Morgan fingerprint density at radius 2 is 1.49 bits per heavy atom. The Morgan fingerprint density at radius 3 is 2.24 bits per heavy atom. The first-order valence-electron chi connectivity index (χ1n) is 16.4. The molecule has 2 aromatic heterocycles. The molecule has 6 aromatic rings. The average molecular weight is 688 g/mol. The number of carbonyl (C=O) groups excluding carboxylic acids is 1. The van der Waals surface area contributed by atoms with Crippen molar-refractivity contribution in [2.75, 3.05) is 46.8 Å².